The van der Waals surface area contributed by atoms with Gasteiger partial charge in [-0.05, 0) is 62.6 Å². The van der Waals surface area contributed by atoms with Crippen LogP contribution in [-0.4, -0.2) is 19.2 Å². The van der Waals surface area contributed by atoms with Crippen LogP contribution in [0.2, 0.25) is 0 Å². The molecule has 0 saturated heterocycles. The molecule has 1 unspecified atom stereocenters. The van der Waals surface area contributed by atoms with Crippen molar-refractivity contribution in [2.24, 2.45) is 5.73 Å². The fourth-order valence-electron chi connectivity index (χ4n) is 4.94. The molecular formula is C33H32N2O6. The average Bonchev–Trinajstić information content (AvgIpc) is 3.28. The lowest BCUT2D eigenvalue weighted by molar-refractivity contribution is 0.0702. The fraction of sp³-hybridized carbons (Fsp3) is 0.273. The van der Waals surface area contributed by atoms with Crippen LogP contribution in [0.15, 0.2) is 70.5 Å². The lowest BCUT2D eigenvalue weighted by Gasteiger charge is -2.27. The summed E-state index contributed by atoms with van der Waals surface area (Å²) in [5.74, 6) is 0.859. The molecule has 210 valence electrons. The number of unbranched alkanes of at least 4 members (excludes halogenated alkanes) is 1. The van der Waals surface area contributed by atoms with Gasteiger partial charge in [-0.1, -0.05) is 37.6 Å². The van der Waals surface area contributed by atoms with Gasteiger partial charge in [0.2, 0.25) is 11.6 Å². The first-order valence-electron chi connectivity index (χ1n) is 13.7. The van der Waals surface area contributed by atoms with Crippen LogP contribution in [-0.2, 0) is 0 Å². The maximum atomic E-state index is 13.1. The van der Waals surface area contributed by atoms with Crippen molar-refractivity contribution in [3.05, 3.63) is 94.1 Å². The second-order valence-corrected chi connectivity index (χ2v) is 9.91. The molecule has 2 N–H and O–H groups in total. The monoisotopic (exact) mass is 552 g/mol. The van der Waals surface area contributed by atoms with E-state index in [-0.39, 0.29) is 23.0 Å². The summed E-state index contributed by atoms with van der Waals surface area (Å²) in [4.78, 5) is 13.1. The Hall–Kier alpha value is -4.90. The maximum Gasteiger partial charge on any atom is 0.379 e. The van der Waals surface area contributed by atoms with E-state index in [2.05, 4.69) is 13.0 Å². The molecule has 8 heteroatoms. The Kier molecular flexibility index (Phi) is 7.88. The van der Waals surface area contributed by atoms with E-state index in [9.17, 15) is 10.1 Å². The zero-order valence-corrected chi connectivity index (χ0v) is 23.6. The van der Waals surface area contributed by atoms with Crippen LogP contribution < -0.4 is 24.7 Å². The molecule has 2 heterocycles. The third-order valence-corrected chi connectivity index (χ3v) is 7.04. The second kappa shape index (κ2) is 11.7. The van der Waals surface area contributed by atoms with Gasteiger partial charge >= 0.3 is 5.97 Å². The Morgan fingerprint density at radius 1 is 1.02 bits per heavy atom. The zero-order chi connectivity index (χ0) is 29.1. The number of carbonyl (C=O) groups excluding carboxylic acids is 1. The number of fused-ring (bicyclic) bond motifs is 2. The standard InChI is InChI=1S/C33H32N2O6/c1-5-7-14-38-26-13-9-21(16-29(26)37-6-2)30-24-12-10-22(17-28(24)41-32(35)25(30)18-34)39-33(36)31-20(4)23-11-8-19(3)15-27(23)40-31/h8-13,15-17,30H,5-7,14,35H2,1-4H3. The van der Waals surface area contributed by atoms with Crippen LogP contribution >= 0.6 is 0 Å². The van der Waals surface area contributed by atoms with Crippen molar-refractivity contribution >= 4 is 16.9 Å². The van der Waals surface area contributed by atoms with Crippen molar-refractivity contribution in [1.82, 2.24) is 0 Å². The highest BCUT2D eigenvalue weighted by Crippen LogP contribution is 2.45. The molecule has 1 aromatic heterocycles. The van der Waals surface area contributed by atoms with Gasteiger partial charge in [-0.15, -0.1) is 0 Å². The normalized spacial score (nSPS) is 14.3. The van der Waals surface area contributed by atoms with Crippen molar-refractivity contribution in [2.45, 2.75) is 46.5 Å². The van der Waals surface area contributed by atoms with Crippen molar-refractivity contribution in [3.8, 4) is 29.1 Å². The molecule has 0 saturated carbocycles. The molecule has 0 bridgehead atoms. The van der Waals surface area contributed by atoms with Gasteiger partial charge in [-0.2, -0.15) is 5.26 Å². The van der Waals surface area contributed by atoms with Gasteiger partial charge < -0.3 is 29.1 Å². The summed E-state index contributed by atoms with van der Waals surface area (Å²) in [6.07, 6.45) is 1.95. The molecular weight excluding hydrogens is 520 g/mol. The van der Waals surface area contributed by atoms with Crippen LogP contribution in [0.25, 0.3) is 11.0 Å². The third-order valence-electron chi connectivity index (χ3n) is 7.04. The summed E-state index contributed by atoms with van der Waals surface area (Å²) in [6.45, 7) is 8.83. The number of hydrogen-bond acceptors (Lipinski definition) is 8. The van der Waals surface area contributed by atoms with Gasteiger partial charge in [0.05, 0.1) is 19.1 Å². The van der Waals surface area contributed by atoms with E-state index in [0.717, 1.165) is 29.4 Å². The van der Waals surface area contributed by atoms with E-state index >= 15 is 0 Å². The SMILES string of the molecule is CCCCOc1ccc(C2C(C#N)=C(N)Oc3cc(OC(=O)c4oc5cc(C)ccc5c4C)ccc32)cc1OCC. The second-order valence-electron chi connectivity index (χ2n) is 9.91. The van der Waals surface area contributed by atoms with Crippen LogP contribution in [0.5, 0.6) is 23.0 Å². The molecule has 0 amide bonds. The van der Waals surface area contributed by atoms with Gasteiger partial charge in [-0.25, -0.2) is 4.79 Å². The summed E-state index contributed by atoms with van der Waals surface area (Å²) >= 11 is 0. The Bertz CT molecular complexity index is 1690. The topological polar surface area (TPSA) is 117 Å². The van der Waals surface area contributed by atoms with Crippen molar-refractivity contribution in [3.63, 3.8) is 0 Å². The fourth-order valence-corrected chi connectivity index (χ4v) is 4.94. The van der Waals surface area contributed by atoms with Crippen LogP contribution in [0.4, 0.5) is 0 Å². The lowest BCUT2D eigenvalue weighted by Crippen LogP contribution is -2.21. The Morgan fingerprint density at radius 2 is 1.85 bits per heavy atom. The van der Waals surface area contributed by atoms with Gasteiger partial charge in [0.15, 0.2) is 11.5 Å². The number of esters is 1. The van der Waals surface area contributed by atoms with Gasteiger partial charge in [0.1, 0.15) is 28.7 Å². The first-order chi connectivity index (χ1) is 19.8. The molecule has 1 aliphatic heterocycles. The number of nitrogens with two attached hydrogens (primary N) is 1. The first kappa shape index (κ1) is 27.7. The van der Waals surface area contributed by atoms with E-state index < -0.39 is 11.9 Å². The number of carbonyl (C=O) groups is 1. The van der Waals surface area contributed by atoms with Crippen LogP contribution in [0.1, 0.15) is 65.4 Å². The number of furan rings is 1. The third kappa shape index (κ3) is 5.44. The minimum atomic E-state index is -0.620. The number of nitrogens with zero attached hydrogens (tertiary/aromatic N) is 1. The van der Waals surface area contributed by atoms with Crippen molar-refractivity contribution in [1.29, 1.82) is 5.26 Å². The number of allylic oxidation sites excluding steroid dienone is 1. The molecule has 41 heavy (non-hydrogen) atoms. The highest BCUT2D eigenvalue weighted by molar-refractivity contribution is 5.97. The molecule has 0 spiro atoms. The molecule has 0 aliphatic carbocycles. The maximum absolute atomic E-state index is 13.1. The number of nitriles is 1. The Morgan fingerprint density at radius 3 is 2.61 bits per heavy atom. The molecule has 8 nitrogen and oxygen atoms in total. The molecule has 0 fully saturated rings. The zero-order valence-electron chi connectivity index (χ0n) is 23.6. The number of benzene rings is 3. The highest BCUT2D eigenvalue weighted by atomic mass is 16.5. The number of rotatable bonds is 9. The van der Waals surface area contributed by atoms with Crippen molar-refractivity contribution < 1.29 is 28.2 Å². The van der Waals surface area contributed by atoms with E-state index in [0.29, 0.717) is 47.2 Å². The molecule has 0 radical (unpaired) electrons. The lowest BCUT2D eigenvalue weighted by atomic mass is 9.83. The summed E-state index contributed by atoms with van der Waals surface area (Å²) in [5, 5.41) is 10.8. The summed E-state index contributed by atoms with van der Waals surface area (Å²) in [7, 11) is 0. The minimum Gasteiger partial charge on any atom is -0.490 e. The van der Waals surface area contributed by atoms with Crippen LogP contribution in [0.3, 0.4) is 0 Å². The quantitative estimate of drug-likeness (QED) is 0.133. The molecule has 3 aromatic carbocycles. The predicted octanol–water partition coefficient (Wildman–Crippen LogP) is 7.06. The smallest absolute Gasteiger partial charge is 0.379 e. The van der Waals surface area contributed by atoms with E-state index in [1.54, 1.807) is 18.2 Å². The summed E-state index contributed by atoms with van der Waals surface area (Å²) in [5.41, 5.74) is 10.3. The van der Waals surface area contributed by atoms with Gasteiger partial charge in [0.25, 0.3) is 0 Å². The van der Waals surface area contributed by atoms with Gasteiger partial charge in [0, 0.05) is 22.6 Å². The van der Waals surface area contributed by atoms with Gasteiger partial charge in [-0.3, -0.25) is 0 Å². The number of hydrogen-bond donors (Lipinski definition) is 1. The highest BCUT2D eigenvalue weighted by Gasteiger charge is 2.32. The first-order valence-corrected chi connectivity index (χ1v) is 13.7. The van der Waals surface area contributed by atoms with E-state index in [4.69, 9.17) is 29.1 Å². The summed E-state index contributed by atoms with van der Waals surface area (Å²) < 4.78 is 29.1. The number of aryl methyl sites for hydroxylation is 2. The molecule has 1 atom stereocenters. The Balaban J connectivity index is 1.47. The van der Waals surface area contributed by atoms with Crippen LogP contribution in [0, 0.1) is 25.2 Å². The molecule has 4 aromatic rings. The predicted molar refractivity (Wildman–Crippen MR) is 154 cm³/mol. The van der Waals surface area contributed by atoms with E-state index in [1.807, 2.05) is 57.2 Å². The molecule has 1 aliphatic rings. The average molecular weight is 553 g/mol. The minimum absolute atomic E-state index is 0.0155. The summed E-state index contributed by atoms with van der Waals surface area (Å²) in [6, 6.07) is 18.6. The largest absolute Gasteiger partial charge is 0.490 e. The van der Waals surface area contributed by atoms with Crippen molar-refractivity contribution in [2.75, 3.05) is 13.2 Å². The molecule has 5 rings (SSSR count). The van der Waals surface area contributed by atoms with E-state index in [1.165, 1.54) is 0 Å². The Labute approximate surface area is 238 Å². The number of ether oxygens (including phenoxy) is 4.